The zero-order chi connectivity index (χ0) is 11.1. The van der Waals surface area contributed by atoms with E-state index >= 15 is 0 Å². The second kappa shape index (κ2) is 3.48. The summed E-state index contributed by atoms with van der Waals surface area (Å²) in [7, 11) is 0. The SMILES string of the molecule is CC1(C)CCCN(C(=O)C2(N)CCC2)C1. The second-order valence-electron chi connectivity index (χ2n) is 6.00. The van der Waals surface area contributed by atoms with Crippen LogP contribution in [0.2, 0.25) is 0 Å². The van der Waals surface area contributed by atoms with E-state index < -0.39 is 5.54 Å². The predicted octanol–water partition coefficient (Wildman–Crippen LogP) is 1.52. The Kier molecular flexibility index (Phi) is 2.53. The lowest BCUT2D eigenvalue weighted by atomic mass is 9.75. The number of likely N-dealkylation sites (tertiary alicyclic amines) is 1. The molecule has 3 heteroatoms. The fraction of sp³-hybridized carbons (Fsp3) is 0.917. The molecule has 2 rings (SSSR count). The molecular weight excluding hydrogens is 188 g/mol. The van der Waals surface area contributed by atoms with Crippen LogP contribution in [0.5, 0.6) is 0 Å². The number of hydrogen-bond acceptors (Lipinski definition) is 2. The van der Waals surface area contributed by atoms with Gasteiger partial charge in [-0.25, -0.2) is 0 Å². The maximum atomic E-state index is 12.2. The Bertz CT molecular complexity index is 269. The number of carbonyl (C=O) groups excluding carboxylic acids is 1. The minimum absolute atomic E-state index is 0.196. The number of nitrogens with zero attached hydrogens (tertiary/aromatic N) is 1. The summed E-state index contributed by atoms with van der Waals surface area (Å²) >= 11 is 0. The molecule has 2 aliphatic rings. The van der Waals surface area contributed by atoms with Crippen LogP contribution in [0.4, 0.5) is 0 Å². The highest BCUT2D eigenvalue weighted by Crippen LogP contribution is 2.34. The number of amides is 1. The van der Waals surface area contributed by atoms with Crippen molar-refractivity contribution in [2.45, 2.75) is 51.5 Å². The summed E-state index contributed by atoms with van der Waals surface area (Å²) in [5, 5.41) is 0. The van der Waals surface area contributed by atoms with Crippen molar-refractivity contribution in [3.8, 4) is 0 Å². The zero-order valence-corrected chi connectivity index (χ0v) is 9.88. The summed E-state index contributed by atoms with van der Waals surface area (Å²) < 4.78 is 0. The molecule has 0 atom stereocenters. The van der Waals surface area contributed by atoms with E-state index in [1.807, 2.05) is 4.90 Å². The van der Waals surface area contributed by atoms with Crippen LogP contribution in [-0.4, -0.2) is 29.4 Å². The summed E-state index contributed by atoms with van der Waals surface area (Å²) in [4.78, 5) is 14.2. The van der Waals surface area contributed by atoms with Gasteiger partial charge in [0.2, 0.25) is 5.91 Å². The first-order valence-electron chi connectivity index (χ1n) is 6.01. The highest BCUT2D eigenvalue weighted by molar-refractivity contribution is 5.87. The van der Waals surface area contributed by atoms with Gasteiger partial charge in [-0.2, -0.15) is 0 Å². The smallest absolute Gasteiger partial charge is 0.242 e. The molecule has 0 radical (unpaired) electrons. The highest BCUT2D eigenvalue weighted by Gasteiger charge is 2.44. The lowest BCUT2D eigenvalue weighted by Gasteiger charge is -2.45. The molecule has 0 aromatic rings. The van der Waals surface area contributed by atoms with Crippen molar-refractivity contribution < 1.29 is 4.79 Å². The molecule has 2 N–H and O–H groups in total. The van der Waals surface area contributed by atoms with Gasteiger partial charge in [0, 0.05) is 13.1 Å². The van der Waals surface area contributed by atoms with Crippen molar-refractivity contribution in [1.82, 2.24) is 4.90 Å². The van der Waals surface area contributed by atoms with Gasteiger partial charge in [-0.1, -0.05) is 13.8 Å². The minimum Gasteiger partial charge on any atom is -0.341 e. The molecule has 1 aliphatic carbocycles. The number of piperidine rings is 1. The van der Waals surface area contributed by atoms with Gasteiger partial charge in [0.15, 0.2) is 0 Å². The lowest BCUT2D eigenvalue weighted by molar-refractivity contribution is -0.143. The lowest BCUT2D eigenvalue weighted by Crippen LogP contribution is -2.61. The molecule has 1 amide bonds. The molecule has 3 nitrogen and oxygen atoms in total. The number of nitrogens with two attached hydrogens (primary N) is 1. The Morgan fingerprint density at radius 1 is 1.20 bits per heavy atom. The first-order chi connectivity index (χ1) is 6.93. The molecule has 0 bridgehead atoms. The topological polar surface area (TPSA) is 46.3 Å². The Morgan fingerprint density at radius 3 is 2.33 bits per heavy atom. The van der Waals surface area contributed by atoms with Crippen molar-refractivity contribution in [3.05, 3.63) is 0 Å². The van der Waals surface area contributed by atoms with E-state index in [2.05, 4.69) is 13.8 Å². The van der Waals surface area contributed by atoms with Gasteiger partial charge in [0.1, 0.15) is 0 Å². The summed E-state index contributed by atoms with van der Waals surface area (Å²) in [6.45, 7) is 6.25. The predicted molar refractivity (Wildman–Crippen MR) is 60.4 cm³/mol. The van der Waals surface area contributed by atoms with Gasteiger partial charge >= 0.3 is 0 Å². The molecule has 1 saturated carbocycles. The maximum absolute atomic E-state index is 12.2. The van der Waals surface area contributed by atoms with Crippen LogP contribution < -0.4 is 5.73 Å². The quantitative estimate of drug-likeness (QED) is 0.713. The van der Waals surface area contributed by atoms with Gasteiger partial charge in [-0.3, -0.25) is 4.79 Å². The second-order valence-corrected chi connectivity index (χ2v) is 6.00. The third kappa shape index (κ3) is 2.03. The first kappa shape index (κ1) is 10.9. The third-order valence-electron chi connectivity index (χ3n) is 3.86. The number of carbonyl (C=O) groups is 1. The van der Waals surface area contributed by atoms with Crippen LogP contribution in [0.1, 0.15) is 46.0 Å². The van der Waals surface area contributed by atoms with E-state index in [1.54, 1.807) is 0 Å². The van der Waals surface area contributed by atoms with Gasteiger partial charge in [0.25, 0.3) is 0 Å². The first-order valence-corrected chi connectivity index (χ1v) is 6.01. The fourth-order valence-electron chi connectivity index (χ4n) is 2.68. The molecule has 1 heterocycles. The molecule has 1 aliphatic heterocycles. The molecule has 2 fully saturated rings. The molecule has 1 saturated heterocycles. The van der Waals surface area contributed by atoms with E-state index in [9.17, 15) is 4.79 Å². The molecule has 86 valence electrons. The van der Waals surface area contributed by atoms with Crippen LogP contribution in [0, 0.1) is 5.41 Å². The van der Waals surface area contributed by atoms with Crippen molar-refractivity contribution in [1.29, 1.82) is 0 Å². The normalized spacial score (nSPS) is 28.3. The number of rotatable bonds is 1. The monoisotopic (exact) mass is 210 g/mol. The summed E-state index contributed by atoms with van der Waals surface area (Å²) in [5.41, 5.74) is 5.84. The van der Waals surface area contributed by atoms with E-state index in [0.717, 1.165) is 38.8 Å². The van der Waals surface area contributed by atoms with Crippen molar-refractivity contribution in [2.75, 3.05) is 13.1 Å². The van der Waals surface area contributed by atoms with Gasteiger partial charge in [-0.15, -0.1) is 0 Å². The van der Waals surface area contributed by atoms with E-state index in [4.69, 9.17) is 5.73 Å². The van der Waals surface area contributed by atoms with E-state index in [1.165, 1.54) is 6.42 Å². The summed E-state index contributed by atoms with van der Waals surface area (Å²) in [6.07, 6.45) is 5.20. The molecular formula is C12H22N2O. The summed E-state index contributed by atoms with van der Waals surface area (Å²) in [6, 6.07) is 0. The van der Waals surface area contributed by atoms with Crippen molar-refractivity contribution in [2.24, 2.45) is 11.1 Å². The standard InChI is InChI=1S/C12H22N2O/c1-11(2)5-4-8-14(9-11)10(15)12(13)6-3-7-12/h3-9,13H2,1-2H3. The van der Waals surface area contributed by atoms with Crippen LogP contribution in [-0.2, 0) is 4.79 Å². The zero-order valence-electron chi connectivity index (χ0n) is 9.88. The van der Waals surface area contributed by atoms with Gasteiger partial charge < -0.3 is 10.6 Å². The molecule has 0 spiro atoms. The molecule has 15 heavy (non-hydrogen) atoms. The Hall–Kier alpha value is -0.570. The Labute approximate surface area is 92.0 Å². The van der Waals surface area contributed by atoms with Crippen molar-refractivity contribution in [3.63, 3.8) is 0 Å². The molecule has 0 unspecified atom stereocenters. The van der Waals surface area contributed by atoms with Gasteiger partial charge in [-0.05, 0) is 37.5 Å². The molecule has 0 aromatic carbocycles. The van der Waals surface area contributed by atoms with Gasteiger partial charge in [0.05, 0.1) is 5.54 Å². The Morgan fingerprint density at radius 2 is 1.87 bits per heavy atom. The summed E-state index contributed by atoms with van der Waals surface area (Å²) in [5.74, 6) is 0.196. The number of hydrogen-bond donors (Lipinski definition) is 1. The Balaban J connectivity index is 2.01. The third-order valence-corrected chi connectivity index (χ3v) is 3.86. The average molecular weight is 210 g/mol. The van der Waals surface area contributed by atoms with Crippen LogP contribution in [0.15, 0.2) is 0 Å². The average Bonchev–Trinajstić information content (AvgIpc) is 2.11. The van der Waals surface area contributed by atoms with Crippen LogP contribution >= 0.6 is 0 Å². The molecule has 0 aromatic heterocycles. The minimum atomic E-state index is -0.507. The highest BCUT2D eigenvalue weighted by atomic mass is 16.2. The largest absolute Gasteiger partial charge is 0.341 e. The van der Waals surface area contributed by atoms with Crippen LogP contribution in [0.25, 0.3) is 0 Å². The maximum Gasteiger partial charge on any atom is 0.242 e. The van der Waals surface area contributed by atoms with Crippen molar-refractivity contribution >= 4 is 5.91 Å². The fourth-order valence-corrected chi connectivity index (χ4v) is 2.68. The van der Waals surface area contributed by atoms with E-state index in [0.29, 0.717) is 0 Å². The van der Waals surface area contributed by atoms with Crippen LogP contribution in [0.3, 0.4) is 0 Å². The van der Waals surface area contributed by atoms with E-state index in [-0.39, 0.29) is 11.3 Å².